The van der Waals surface area contributed by atoms with Crippen LogP contribution in [-0.4, -0.2) is 64.8 Å². The molecule has 1 aromatic carbocycles. The van der Waals surface area contributed by atoms with E-state index in [1.165, 1.54) is 12.1 Å². The van der Waals surface area contributed by atoms with Crippen LogP contribution >= 0.6 is 11.6 Å². The number of halogens is 2. The maximum Gasteiger partial charge on any atom is 0.303 e. The van der Waals surface area contributed by atoms with Crippen molar-refractivity contribution in [2.75, 3.05) is 47.4 Å². The molecule has 2 aliphatic heterocycles. The number of pyridine rings is 1. The smallest absolute Gasteiger partial charge is 0.303 e. The van der Waals surface area contributed by atoms with E-state index in [0.29, 0.717) is 42.3 Å². The number of aryl methyl sites for hydroxylation is 1. The van der Waals surface area contributed by atoms with Gasteiger partial charge >= 0.3 is 5.97 Å². The van der Waals surface area contributed by atoms with Crippen LogP contribution in [-0.2, 0) is 11.2 Å². The van der Waals surface area contributed by atoms with Crippen LogP contribution in [0.5, 0.6) is 0 Å². The number of carboxylic acids is 1. The topological polar surface area (TPSA) is 85.7 Å². The molecule has 1 N–H and O–H groups in total. The number of nitrogens with zero attached hydrogens (tertiary/aromatic N) is 6. The van der Waals surface area contributed by atoms with Gasteiger partial charge in [-0.25, -0.2) is 14.4 Å². The fourth-order valence-corrected chi connectivity index (χ4v) is 5.26. The molecule has 0 amide bonds. The number of aliphatic carboxylic acids is 1. The summed E-state index contributed by atoms with van der Waals surface area (Å²) in [5.41, 5.74) is 2.45. The third kappa shape index (κ3) is 5.77. The van der Waals surface area contributed by atoms with E-state index in [-0.39, 0.29) is 12.2 Å². The molecular formula is C27H30ClFN6O2. The van der Waals surface area contributed by atoms with E-state index in [4.69, 9.17) is 26.7 Å². The molecule has 2 aromatic heterocycles. The first-order chi connectivity index (χ1) is 17.9. The molecule has 4 heterocycles. The van der Waals surface area contributed by atoms with Crippen molar-refractivity contribution in [1.29, 1.82) is 0 Å². The molecule has 10 heteroatoms. The van der Waals surface area contributed by atoms with Gasteiger partial charge in [-0.05, 0) is 62.1 Å². The highest BCUT2D eigenvalue weighted by molar-refractivity contribution is 6.33. The lowest BCUT2D eigenvalue weighted by Crippen LogP contribution is -2.47. The summed E-state index contributed by atoms with van der Waals surface area (Å²) >= 11 is 6.52. The Bertz CT molecular complexity index is 1270. The molecule has 0 radical (unpaired) electrons. The van der Waals surface area contributed by atoms with Crippen LogP contribution in [0.1, 0.15) is 31.7 Å². The Morgan fingerprint density at radius 1 is 1.08 bits per heavy atom. The second kappa shape index (κ2) is 10.9. The highest BCUT2D eigenvalue weighted by Gasteiger charge is 2.26. The van der Waals surface area contributed by atoms with Gasteiger partial charge in [0.1, 0.15) is 17.5 Å². The first-order valence-electron chi connectivity index (χ1n) is 12.6. The molecule has 0 bridgehead atoms. The number of piperazine rings is 1. The van der Waals surface area contributed by atoms with Gasteiger partial charge in [0.25, 0.3) is 0 Å². The van der Waals surface area contributed by atoms with Crippen LogP contribution in [0.4, 0.5) is 22.0 Å². The molecule has 0 spiro atoms. The van der Waals surface area contributed by atoms with Crippen molar-refractivity contribution in [2.24, 2.45) is 0 Å². The van der Waals surface area contributed by atoms with Crippen molar-refractivity contribution >= 4 is 35.2 Å². The summed E-state index contributed by atoms with van der Waals surface area (Å²) in [6.07, 6.45) is 4.38. The Kier molecular flexibility index (Phi) is 7.41. The Hall–Kier alpha value is -3.46. The van der Waals surface area contributed by atoms with Gasteiger partial charge in [-0.3, -0.25) is 4.79 Å². The number of benzene rings is 1. The van der Waals surface area contributed by atoms with Crippen molar-refractivity contribution in [1.82, 2.24) is 15.0 Å². The monoisotopic (exact) mass is 524 g/mol. The summed E-state index contributed by atoms with van der Waals surface area (Å²) in [6, 6.07) is 10.6. The molecule has 5 rings (SSSR count). The van der Waals surface area contributed by atoms with E-state index >= 15 is 0 Å². The molecule has 8 nitrogen and oxygen atoms in total. The fourth-order valence-electron chi connectivity index (χ4n) is 4.95. The minimum atomic E-state index is -0.842. The van der Waals surface area contributed by atoms with Gasteiger partial charge in [-0.1, -0.05) is 11.6 Å². The SMILES string of the molecule is CC1CCCN1c1nc(-c2ccc(F)cc2)cc(N2CCN(c3ncc(CCC(=O)O)cc3Cl)CC2)n1. The third-order valence-corrected chi connectivity index (χ3v) is 7.34. The average molecular weight is 525 g/mol. The van der Waals surface area contributed by atoms with Crippen molar-refractivity contribution in [3.63, 3.8) is 0 Å². The Balaban J connectivity index is 1.35. The standard InChI is InChI=1S/C27H30ClFN6O2/c1-18-3-2-10-35(18)27-31-23(20-5-7-21(29)8-6-20)16-24(32-27)33-11-13-34(14-12-33)26-22(28)15-19(17-30-26)4-9-25(36)37/h5-8,15-18H,2-4,9-14H2,1H3,(H,36,37). The van der Waals surface area contributed by atoms with Gasteiger partial charge in [0.15, 0.2) is 0 Å². The second-order valence-electron chi connectivity index (χ2n) is 9.62. The second-order valence-corrected chi connectivity index (χ2v) is 10.0. The van der Waals surface area contributed by atoms with Crippen molar-refractivity contribution in [2.45, 2.75) is 38.6 Å². The van der Waals surface area contributed by atoms with E-state index in [9.17, 15) is 9.18 Å². The Labute approximate surface area is 220 Å². The zero-order valence-corrected chi connectivity index (χ0v) is 21.5. The Morgan fingerprint density at radius 3 is 2.46 bits per heavy atom. The Morgan fingerprint density at radius 2 is 1.81 bits per heavy atom. The lowest BCUT2D eigenvalue weighted by Gasteiger charge is -2.37. The number of hydrogen-bond acceptors (Lipinski definition) is 7. The molecule has 0 aliphatic carbocycles. The largest absolute Gasteiger partial charge is 0.481 e. The lowest BCUT2D eigenvalue weighted by atomic mass is 10.1. The number of carboxylic acid groups (broad SMARTS) is 1. The van der Waals surface area contributed by atoms with Gasteiger partial charge in [-0.2, -0.15) is 4.98 Å². The van der Waals surface area contributed by atoms with Gasteiger partial charge in [0, 0.05) is 63.0 Å². The van der Waals surface area contributed by atoms with E-state index in [1.807, 2.05) is 12.1 Å². The molecule has 2 fully saturated rings. The van der Waals surface area contributed by atoms with Crippen molar-refractivity contribution < 1.29 is 14.3 Å². The van der Waals surface area contributed by atoms with Crippen LogP contribution in [0.25, 0.3) is 11.3 Å². The zero-order chi connectivity index (χ0) is 25.9. The van der Waals surface area contributed by atoms with E-state index in [1.54, 1.807) is 18.3 Å². The zero-order valence-electron chi connectivity index (χ0n) is 20.8. The maximum absolute atomic E-state index is 13.6. The summed E-state index contributed by atoms with van der Waals surface area (Å²) in [5, 5.41) is 9.44. The fraction of sp³-hybridized carbons (Fsp3) is 0.407. The van der Waals surface area contributed by atoms with Crippen LogP contribution in [0.3, 0.4) is 0 Å². The number of hydrogen-bond donors (Lipinski definition) is 1. The summed E-state index contributed by atoms with van der Waals surface area (Å²) in [5.74, 6) is 1.16. The molecule has 1 unspecified atom stereocenters. The molecule has 1 atom stereocenters. The van der Waals surface area contributed by atoms with Crippen LogP contribution in [0, 0.1) is 5.82 Å². The quantitative estimate of drug-likeness (QED) is 0.477. The van der Waals surface area contributed by atoms with Gasteiger partial charge in [0.2, 0.25) is 5.95 Å². The van der Waals surface area contributed by atoms with E-state index in [0.717, 1.165) is 55.1 Å². The van der Waals surface area contributed by atoms with Crippen LogP contribution < -0.4 is 14.7 Å². The van der Waals surface area contributed by atoms with Crippen LogP contribution in [0.15, 0.2) is 42.6 Å². The lowest BCUT2D eigenvalue weighted by molar-refractivity contribution is -0.136. The first-order valence-corrected chi connectivity index (χ1v) is 13.0. The molecule has 37 heavy (non-hydrogen) atoms. The average Bonchev–Trinajstić information content (AvgIpc) is 3.33. The molecular weight excluding hydrogens is 495 g/mol. The summed E-state index contributed by atoms with van der Waals surface area (Å²) in [4.78, 5) is 31.8. The molecule has 3 aromatic rings. The van der Waals surface area contributed by atoms with E-state index in [2.05, 4.69) is 26.6 Å². The minimum absolute atomic E-state index is 0.0487. The molecule has 2 aliphatic rings. The summed E-state index contributed by atoms with van der Waals surface area (Å²) < 4.78 is 13.6. The van der Waals surface area contributed by atoms with Crippen molar-refractivity contribution in [3.05, 3.63) is 59.0 Å². The predicted molar refractivity (Wildman–Crippen MR) is 143 cm³/mol. The number of anilines is 3. The highest BCUT2D eigenvalue weighted by atomic mass is 35.5. The molecule has 2 saturated heterocycles. The normalized spacial score (nSPS) is 17.9. The first kappa shape index (κ1) is 25.2. The number of aromatic nitrogens is 3. The number of carbonyl (C=O) groups is 1. The minimum Gasteiger partial charge on any atom is -0.481 e. The van der Waals surface area contributed by atoms with Crippen molar-refractivity contribution in [3.8, 4) is 11.3 Å². The van der Waals surface area contributed by atoms with Crippen LogP contribution in [0.2, 0.25) is 5.02 Å². The summed E-state index contributed by atoms with van der Waals surface area (Å²) in [7, 11) is 0. The summed E-state index contributed by atoms with van der Waals surface area (Å²) in [6.45, 7) is 6.01. The highest BCUT2D eigenvalue weighted by Crippen LogP contribution is 2.31. The molecule has 194 valence electrons. The molecule has 0 saturated carbocycles. The van der Waals surface area contributed by atoms with Gasteiger partial charge in [-0.15, -0.1) is 0 Å². The van der Waals surface area contributed by atoms with Gasteiger partial charge in [0.05, 0.1) is 10.7 Å². The third-order valence-electron chi connectivity index (χ3n) is 7.06. The number of rotatable bonds is 7. The maximum atomic E-state index is 13.6. The van der Waals surface area contributed by atoms with Gasteiger partial charge < -0.3 is 19.8 Å². The van der Waals surface area contributed by atoms with E-state index < -0.39 is 5.97 Å². The predicted octanol–water partition coefficient (Wildman–Crippen LogP) is 4.66.